The standard InChI is InChI=1S/C10H14N2OS.C2H6.CH5N/c1-11-10-8(6-13)7-3-4-12(2)5-9(7)14-10;2*1-2/h6,11H,3-5H2,1-2H3;1-2H3;2H2,1H3. The first-order valence-corrected chi connectivity index (χ1v) is 7.11. The van der Waals surface area contributed by atoms with E-state index in [0.717, 1.165) is 36.4 Å². The Morgan fingerprint density at radius 1 is 1.39 bits per heavy atom. The Bertz CT molecular complexity index is 363. The average molecular weight is 271 g/mol. The zero-order valence-corrected chi connectivity index (χ0v) is 12.9. The summed E-state index contributed by atoms with van der Waals surface area (Å²) < 4.78 is 0. The van der Waals surface area contributed by atoms with Gasteiger partial charge < -0.3 is 16.0 Å². The number of thiophene rings is 1. The number of nitrogens with zero attached hydrogens (tertiary/aromatic N) is 1. The molecule has 2 heterocycles. The molecule has 3 N–H and O–H groups in total. The largest absolute Gasteiger partial charge is 0.379 e. The first-order chi connectivity index (χ1) is 8.76. The lowest BCUT2D eigenvalue weighted by atomic mass is 10.0. The van der Waals surface area contributed by atoms with Crippen molar-refractivity contribution in [1.29, 1.82) is 0 Å². The van der Waals surface area contributed by atoms with Crippen LogP contribution in [0.2, 0.25) is 0 Å². The lowest BCUT2D eigenvalue weighted by molar-refractivity contribution is 0.112. The minimum absolute atomic E-state index is 0.876. The third-order valence-electron chi connectivity index (χ3n) is 2.63. The highest BCUT2D eigenvalue weighted by Gasteiger charge is 2.21. The van der Waals surface area contributed by atoms with Gasteiger partial charge in [-0.05, 0) is 26.1 Å². The fraction of sp³-hybridized carbons (Fsp3) is 0.615. The van der Waals surface area contributed by atoms with Gasteiger partial charge in [0.25, 0.3) is 0 Å². The van der Waals surface area contributed by atoms with E-state index in [4.69, 9.17) is 0 Å². The van der Waals surface area contributed by atoms with Crippen molar-refractivity contribution in [1.82, 2.24) is 4.90 Å². The van der Waals surface area contributed by atoms with E-state index in [1.165, 1.54) is 17.5 Å². The lowest BCUT2D eigenvalue weighted by Crippen LogP contribution is -2.25. The van der Waals surface area contributed by atoms with Crippen molar-refractivity contribution in [2.75, 3.05) is 33.0 Å². The first kappa shape index (κ1) is 17.1. The molecule has 0 fully saturated rings. The van der Waals surface area contributed by atoms with Gasteiger partial charge in [-0.1, -0.05) is 13.8 Å². The monoisotopic (exact) mass is 271 g/mol. The molecule has 0 saturated heterocycles. The maximum Gasteiger partial charge on any atom is 0.153 e. The van der Waals surface area contributed by atoms with Crippen molar-refractivity contribution in [3.8, 4) is 0 Å². The number of likely N-dealkylation sites (N-methyl/N-ethyl adjacent to an activating group) is 1. The number of carbonyl (C=O) groups is 1. The van der Waals surface area contributed by atoms with Crippen LogP contribution < -0.4 is 11.1 Å². The van der Waals surface area contributed by atoms with Crippen molar-refractivity contribution in [2.45, 2.75) is 26.8 Å². The topological polar surface area (TPSA) is 58.4 Å². The van der Waals surface area contributed by atoms with Crippen molar-refractivity contribution in [2.24, 2.45) is 5.73 Å². The maximum absolute atomic E-state index is 11.0. The molecule has 0 spiro atoms. The Balaban J connectivity index is 0.000000659. The summed E-state index contributed by atoms with van der Waals surface area (Å²) in [6, 6.07) is 0. The minimum Gasteiger partial charge on any atom is -0.379 e. The molecule has 104 valence electrons. The molecule has 0 amide bonds. The van der Waals surface area contributed by atoms with Crippen LogP contribution in [-0.2, 0) is 13.0 Å². The van der Waals surface area contributed by atoms with Crippen LogP contribution in [0.15, 0.2) is 0 Å². The minimum atomic E-state index is 0.876. The first-order valence-electron chi connectivity index (χ1n) is 6.30. The van der Waals surface area contributed by atoms with Gasteiger partial charge in [-0.25, -0.2) is 0 Å². The van der Waals surface area contributed by atoms with Crippen molar-refractivity contribution >= 4 is 22.6 Å². The number of hydrogen-bond acceptors (Lipinski definition) is 5. The SMILES string of the molecule is CC.CN.CNc1sc2c(c1C=O)CCN(C)C2. The molecule has 4 nitrogen and oxygen atoms in total. The lowest BCUT2D eigenvalue weighted by Gasteiger charge is -2.21. The van der Waals surface area contributed by atoms with Gasteiger partial charge in [-0.2, -0.15) is 0 Å². The van der Waals surface area contributed by atoms with E-state index >= 15 is 0 Å². The van der Waals surface area contributed by atoms with Crippen LogP contribution in [0.3, 0.4) is 0 Å². The third-order valence-corrected chi connectivity index (χ3v) is 3.88. The molecule has 5 heteroatoms. The zero-order valence-electron chi connectivity index (χ0n) is 12.0. The van der Waals surface area contributed by atoms with Gasteiger partial charge in [0.1, 0.15) is 0 Å². The molecule has 0 radical (unpaired) electrons. The summed E-state index contributed by atoms with van der Waals surface area (Å²) in [5.74, 6) is 0. The zero-order chi connectivity index (χ0) is 14.1. The Morgan fingerprint density at radius 2 is 2.00 bits per heavy atom. The molecule has 0 aromatic carbocycles. The molecular formula is C13H25N3OS. The molecule has 1 aliphatic heterocycles. The Kier molecular flexibility index (Phi) is 8.62. The molecule has 0 unspecified atom stereocenters. The quantitative estimate of drug-likeness (QED) is 0.810. The average Bonchev–Trinajstić information content (AvgIpc) is 2.79. The molecule has 1 aromatic heterocycles. The van der Waals surface area contributed by atoms with E-state index in [0.29, 0.717) is 0 Å². The van der Waals surface area contributed by atoms with Gasteiger partial charge >= 0.3 is 0 Å². The molecular weight excluding hydrogens is 246 g/mol. The van der Waals surface area contributed by atoms with E-state index in [2.05, 4.69) is 23.0 Å². The van der Waals surface area contributed by atoms with Gasteiger partial charge in [0.05, 0.1) is 10.6 Å². The molecule has 2 rings (SSSR count). The number of nitrogens with one attached hydrogen (secondary N) is 1. The number of anilines is 1. The van der Waals surface area contributed by atoms with E-state index in [9.17, 15) is 4.79 Å². The van der Waals surface area contributed by atoms with Gasteiger partial charge in [-0.15, -0.1) is 11.3 Å². The molecule has 0 saturated carbocycles. The Morgan fingerprint density at radius 3 is 2.50 bits per heavy atom. The van der Waals surface area contributed by atoms with Crippen LogP contribution >= 0.6 is 11.3 Å². The van der Waals surface area contributed by atoms with Gasteiger partial charge in [0, 0.05) is 25.0 Å². The summed E-state index contributed by atoms with van der Waals surface area (Å²) in [6.45, 7) is 6.02. The number of nitrogens with two attached hydrogens (primary N) is 1. The molecule has 1 aliphatic rings. The highest BCUT2D eigenvalue weighted by atomic mass is 32.1. The number of aldehydes is 1. The van der Waals surface area contributed by atoms with Crippen LogP contribution in [0, 0.1) is 0 Å². The number of carbonyl (C=O) groups excluding carboxylic acids is 1. The smallest absolute Gasteiger partial charge is 0.153 e. The fourth-order valence-electron chi connectivity index (χ4n) is 1.87. The summed E-state index contributed by atoms with van der Waals surface area (Å²) in [5.41, 5.74) is 6.63. The Hall–Kier alpha value is -0.910. The Labute approximate surface area is 114 Å². The molecule has 0 bridgehead atoms. The fourth-order valence-corrected chi connectivity index (χ4v) is 3.12. The number of rotatable bonds is 2. The van der Waals surface area contributed by atoms with Crippen molar-refractivity contribution in [3.05, 3.63) is 16.0 Å². The number of hydrogen-bond donors (Lipinski definition) is 2. The molecule has 0 atom stereocenters. The summed E-state index contributed by atoms with van der Waals surface area (Å²) >= 11 is 1.71. The van der Waals surface area contributed by atoms with Gasteiger partial charge in [0.15, 0.2) is 6.29 Å². The summed E-state index contributed by atoms with van der Waals surface area (Å²) in [4.78, 5) is 14.6. The van der Waals surface area contributed by atoms with Crippen LogP contribution in [0.1, 0.15) is 34.6 Å². The van der Waals surface area contributed by atoms with E-state index in [-0.39, 0.29) is 0 Å². The second-order valence-corrected chi connectivity index (χ2v) is 4.71. The van der Waals surface area contributed by atoms with Crippen LogP contribution in [0.25, 0.3) is 0 Å². The number of fused-ring (bicyclic) bond motifs is 1. The predicted octanol–water partition coefficient (Wildman–Crippen LogP) is 2.19. The summed E-state index contributed by atoms with van der Waals surface area (Å²) in [7, 11) is 5.48. The maximum atomic E-state index is 11.0. The normalized spacial score (nSPS) is 13.4. The third kappa shape index (κ3) is 3.80. The second-order valence-electron chi connectivity index (χ2n) is 3.60. The van der Waals surface area contributed by atoms with E-state index in [1.54, 1.807) is 11.3 Å². The van der Waals surface area contributed by atoms with Crippen LogP contribution in [0.4, 0.5) is 5.00 Å². The van der Waals surface area contributed by atoms with Crippen LogP contribution in [0.5, 0.6) is 0 Å². The van der Waals surface area contributed by atoms with Crippen molar-refractivity contribution in [3.63, 3.8) is 0 Å². The van der Waals surface area contributed by atoms with E-state index in [1.807, 2.05) is 20.9 Å². The van der Waals surface area contributed by atoms with Crippen molar-refractivity contribution < 1.29 is 4.79 Å². The predicted molar refractivity (Wildman–Crippen MR) is 80.8 cm³/mol. The molecule has 1 aromatic rings. The van der Waals surface area contributed by atoms with Gasteiger partial charge in [0.2, 0.25) is 0 Å². The highest BCUT2D eigenvalue weighted by molar-refractivity contribution is 7.16. The summed E-state index contributed by atoms with van der Waals surface area (Å²) in [6.07, 6.45) is 1.98. The second kappa shape index (κ2) is 9.08. The van der Waals surface area contributed by atoms with E-state index < -0.39 is 0 Å². The molecule has 0 aliphatic carbocycles. The molecule has 18 heavy (non-hydrogen) atoms. The van der Waals surface area contributed by atoms with Gasteiger partial charge in [-0.3, -0.25) is 4.79 Å². The van der Waals surface area contributed by atoms with Crippen LogP contribution in [-0.4, -0.2) is 38.9 Å². The highest BCUT2D eigenvalue weighted by Crippen LogP contribution is 2.35. The summed E-state index contributed by atoms with van der Waals surface area (Å²) in [5, 5.41) is 4.10.